The highest BCUT2D eigenvalue weighted by molar-refractivity contribution is 5.81. The molecule has 0 saturated heterocycles. The topological polar surface area (TPSA) is 24.4 Å². The normalized spacial score (nSPS) is 20.6. The molecule has 0 aliphatic carbocycles. The summed E-state index contributed by atoms with van der Waals surface area (Å²) in [7, 11) is 0. The third kappa shape index (κ3) is 1.09. The van der Waals surface area contributed by atoms with E-state index in [0.717, 1.165) is 11.4 Å². The lowest BCUT2D eigenvalue weighted by molar-refractivity contribution is 0.470. The highest BCUT2D eigenvalue weighted by Crippen LogP contribution is 2.27. The lowest BCUT2D eigenvalue weighted by Crippen LogP contribution is -2.17. The van der Waals surface area contributed by atoms with Gasteiger partial charge in [-0.25, -0.2) is 4.39 Å². The fourth-order valence-corrected chi connectivity index (χ4v) is 1.04. The maximum Gasteiger partial charge on any atom is 0.206 e. The van der Waals surface area contributed by atoms with Crippen LogP contribution in [-0.4, -0.2) is 12.5 Å². The number of anilines is 1. The first-order valence-corrected chi connectivity index (χ1v) is 3.40. The van der Waals surface area contributed by atoms with Gasteiger partial charge in [0.25, 0.3) is 0 Å². The lowest BCUT2D eigenvalue weighted by atomic mass is 10.2. The summed E-state index contributed by atoms with van der Waals surface area (Å²) < 4.78 is 12.6. The molecule has 1 heterocycles. The molecule has 0 fully saturated rings. The highest BCUT2D eigenvalue weighted by Gasteiger charge is 2.10. The predicted molar refractivity (Wildman–Crippen MR) is 43.1 cm³/mol. The zero-order valence-electron chi connectivity index (χ0n) is 5.79. The van der Waals surface area contributed by atoms with Crippen LogP contribution in [0.2, 0.25) is 0 Å². The van der Waals surface area contributed by atoms with E-state index in [1.54, 1.807) is 6.07 Å². The fourth-order valence-electron chi connectivity index (χ4n) is 1.04. The second kappa shape index (κ2) is 2.34. The molecule has 0 spiro atoms. The minimum absolute atomic E-state index is 0.752. The summed E-state index contributed by atoms with van der Waals surface area (Å²) in [6.07, 6.45) is 0.104. The average Bonchev–Trinajstić information content (AvgIpc) is 2.04. The van der Waals surface area contributed by atoms with Crippen LogP contribution in [0, 0.1) is 0 Å². The molecule has 1 aromatic carbocycles. The van der Waals surface area contributed by atoms with Crippen LogP contribution >= 0.6 is 0 Å². The molecule has 1 N–H and O–H groups in total. The number of nitrogens with zero attached hydrogens (tertiary/aromatic N) is 1. The van der Waals surface area contributed by atoms with Crippen molar-refractivity contribution in [2.75, 3.05) is 5.32 Å². The summed E-state index contributed by atoms with van der Waals surface area (Å²) in [5.74, 6) is 0. The van der Waals surface area contributed by atoms with Crippen LogP contribution in [0.1, 0.15) is 0 Å². The number of para-hydroxylation sites is 2. The van der Waals surface area contributed by atoms with Crippen molar-refractivity contribution in [3.63, 3.8) is 0 Å². The van der Waals surface area contributed by atoms with Gasteiger partial charge >= 0.3 is 0 Å². The maximum atomic E-state index is 12.6. The largest absolute Gasteiger partial charge is 0.350 e. The van der Waals surface area contributed by atoms with E-state index >= 15 is 0 Å². The molecular weight excluding hydrogens is 143 g/mol. The maximum absolute atomic E-state index is 12.6. The number of hydrogen-bond donors (Lipinski definition) is 1. The van der Waals surface area contributed by atoms with Gasteiger partial charge in [0.15, 0.2) is 0 Å². The zero-order valence-corrected chi connectivity index (χ0v) is 5.79. The molecule has 1 aliphatic rings. The Morgan fingerprint density at radius 1 is 1.36 bits per heavy atom. The lowest BCUT2D eigenvalue weighted by Gasteiger charge is -2.14. The number of alkyl halides is 1. The molecule has 2 nitrogen and oxygen atoms in total. The van der Waals surface area contributed by atoms with Gasteiger partial charge in [-0.3, -0.25) is 4.99 Å². The highest BCUT2D eigenvalue weighted by atomic mass is 19.1. The van der Waals surface area contributed by atoms with Crippen molar-refractivity contribution in [3.05, 3.63) is 24.3 Å². The SMILES string of the molecule is FC1C=Nc2ccccc2N1. The van der Waals surface area contributed by atoms with Crippen molar-refractivity contribution in [1.29, 1.82) is 0 Å². The summed E-state index contributed by atoms with van der Waals surface area (Å²) in [6, 6.07) is 7.36. The number of benzene rings is 1. The minimum Gasteiger partial charge on any atom is -0.350 e. The van der Waals surface area contributed by atoms with Gasteiger partial charge in [0, 0.05) is 0 Å². The molecule has 0 radical (unpaired) electrons. The van der Waals surface area contributed by atoms with E-state index in [4.69, 9.17) is 0 Å². The average molecular weight is 150 g/mol. The van der Waals surface area contributed by atoms with Gasteiger partial charge in [-0.1, -0.05) is 12.1 Å². The number of halogens is 1. The summed E-state index contributed by atoms with van der Waals surface area (Å²) in [5.41, 5.74) is 1.55. The number of fused-ring (bicyclic) bond motifs is 1. The van der Waals surface area contributed by atoms with Gasteiger partial charge < -0.3 is 5.32 Å². The van der Waals surface area contributed by atoms with Crippen LogP contribution in [0.5, 0.6) is 0 Å². The Balaban J connectivity index is 2.46. The molecule has 0 amide bonds. The summed E-state index contributed by atoms with van der Waals surface area (Å²) in [6.45, 7) is 0. The first-order valence-electron chi connectivity index (χ1n) is 3.40. The van der Waals surface area contributed by atoms with E-state index in [0.29, 0.717) is 0 Å². The monoisotopic (exact) mass is 150 g/mol. The summed E-state index contributed by atoms with van der Waals surface area (Å²) in [5, 5.41) is 2.64. The van der Waals surface area contributed by atoms with E-state index < -0.39 is 6.30 Å². The minimum atomic E-state index is -1.15. The second-order valence-electron chi connectivity index (χ2n) is 2.34. The standard InChI is InChI=1S/C8H7FN2/c9-8-5-10-6-3-1-2-4-7(6)11-8/h1-5,8,11H. The van der Waals surface area contributed by atoms with Crippen molar-refractivity contribution in [2.24, 2.45) is 4.99 Å². The van der Waals surface area contributed by atoms with E-state index in [1.165, 1.54) is 6.21 Å². The van der Waals surface area contributed by atoms with Crippen molar-refractivity contribution in [1.82, 2.24) is 0 Å². The first kappa shape index (κ1) is 6.34. The molecule has 1 unspecified atom stereocenters. The van der Waals surface area contributed by atoms with Crippen LogP contribution < -0.4 is 5.32 Å². The van der Waals surface area contributed by atoms with E-state index in [2.05, 4.69) is 10.3 Å². The van der Waals surface area contributed by atoms with Crippen molar-refractivity contribution >= 4 is 17.6 Å². The van der Waals surface area contributed by atoms with Gasteiger partial charge in [0.1, 0.15) is 0 Å². The molecule has 0 aromatic heterocycles. The Kier molecular flexibility index (Phi) is 1.35. The zero-order chi connectivity index (χ0) is 7.68. The van der Waals surface area contributed by atoms with Crippen LogP contribution in [0.15, 0.2) is 29.3 Å². The molecule has 1 aliphatic heterocycles. The van der Waals surface area contributed by atoms with Gasteiger partial charge in [0.2, 0.25) is 6.30 Å². The third-order valence-corrected chi connectivity index (χ3v) is 1.54. The summed E-state index contributed by atoms with van der Waals surface area (Å²) >= 11 is 0. The Bertz CT molecular complexity index is 296. The third-order valence-electron chi connectivity index (χ3n) is 1.54. The van der Waals surface area contributed by atoms with Crippen LogP contribution in [0.25, 0.3) is 0 Å². The van der Waals surface area contributed by atoms with Crippen molar-refractivity contribution in [2.45, 2.75) is 6.30 Å². The molecule has 2 rings (SSSR count). The van der Waals surface area contributed by atoms with Crippen LogP contribution in [-0.2, 0) is 0 Å². The number of rotatable bonds is 0. The summed E-state index contributed by atoms with van der Waals surface area (Å²) in [4.78, 5) is 3.91. The fraction of sp³-hybridized carbons (Fsp3) is 0.125. The van der Waals surface area contributed by atoms with Crippen LogP contribution in [0.4, 0.5) is 15.8 Å². The van der Waals surface area contributed by atoms with Crippen molar-refractivity contribution in [3.8, 4) is 0 Å². The molecule has 0 bridgehead atoms. The van der Waals surface area contributed by atoms with E-state index in [9.17, 15) is 4.39 Å². The number of hydrogen-bond acceptors (Lipinski definition) is 2. The van der Waals surface area contributed by atoms with E-state index in [1.807, 2.05) is 18.2 Å². The molecular formula is C8H7FN2. The molecule has 1 atom stereocenters. The van der Waals surface area contributed by atoms with Gasteiger partial charge in [0.05, 0.1) is 17.6 Å². The Labute approximate surface area is 63.8 Å². The van der Waals surface area contributed by atoms with Gasteiger partial charge in [-0.2, -0.15) is 0 Å². The predicted octanol–water partition coefficient (Wildman–Crippen LogP) is 2.11. The van der Waals surface area contributed by atoms with Gasteiger partial charge in [-0.15, -0.1) is 0 Å². The van der Waals surface area contributed by atoms with Crippen LogP contribution in [0.3, 0.4) is 0 Å². The van der Waals surface area contributed by atoms with Crippen molar-refractivity contribution < 1.29 is 4.39 Å². The molecule has 11 heavy (non-hydrogen) atoms. The molecule has 0 saturated carbocycles. The smallest absolute Gasteiger partial charge is 0.206 e. The molecule has 3 heteroatoms. The second-order valence-corrected chi connectivity index (χ2v) is 2.34. The Morgan fingerprint density at radius 2 is 2.18 bits per heavy atom. The quantitative estimate of drug-likeness (QED) is 0.563. The first-order chi connectivity index (χ1) is 5.36. The number of nitrogens with one attached hydrogen (secondary N) is 1. The molecule has 1 aromatic rings. The molecule has 56 valence electrons. The Hall–Kier alpha value is -1.38. The number of aliphatic imine (C=N–C) groups is 1. The van der Waals surface area contributed by atoms with E-state index in [-0.39, 0.29) is 0 Å². The van der Waals surface area contributed by atoms with Gasteiger partial charge in [-0.05, 0) is 12.1 Å². The Morgan fingerprint density at radius 3 is 3.09 bits per heavy atom.